The van der Waals surface area contributed by atoms with E-state index in [0.717, 1.165) is 6.42 Å². The van der Waals surface area contributed by atoms with Gasteiger partial charge in [0.25, 0.3) is 0 Å². The van der Waals surface area contributed by atoms with Crippen LogP contribution in [0.3, 0.4) is 0 Å². The zero-order valence-electron chi connectivity index (χ0n) is 15.6. The Labute approximate surface area is 148 Å². The third-order valence-electron chi connectivity index (χ3n) is 4.18. The topological polar surface area (TPSA) is 105 Å². The van der Waals surface area contributed by atoms with E-state index in [1.54, 1.807) is 0 Å². The highest BCUT2D eigenvalue weighted by atomic mass is 16.6. The Morgan fingerprint density at radius 2 is 1.20 bits per heavy atom. The van der Waals surface area contributed by atoms with Crippen LogP contribution in [0.15, 0.2) is 0 Å². The van der Waals surface area contributed by atoms with Crippen LogP contribution in [-0.2, 0) is 38.1 Å². The van der Waals surface area contributed by atoms with Crippen LogP contribution in [0, 0.1) is 11.3 Å². The van der Waals surface area contributed by atoms with Gasteiger partial charge in [0.05, 0.1) is 28.4 Å². The van der Waals surface area contributed by atoms with Gasteiger partial charge in [-0.2, -0.15) is 0 Å². The highest BCUT2D eigenvalue weighted by Gasteiger charge is 2.47. The summed E-state index contributed by atoms with van der Waals surface area (Å²) in [6, 6.07) is 0. The van der Waals surface area contributed by atoms with Crippen molar-refractivity contribution in [3.63, 3.8) is 0 Å². The molecule has 0 aromatic heterocycles. The van der Waals surface area contributed by atoms with E-state index < -0.39 is 35.2 Å². The second kappa shape index (κ2) is 11.4. The smallest absolute Gasteiger partial charge is 0.323 e. The van der Waals surface area contributed by atoms with Gasteiger partial charge >= 0.3 is 23.9 Å². The molecule has 0 amide bonds. The molecule has 0 fully saturated rings. The van der Waals surface area contributed by atoms with Crippen molar-refractivity contribution in [2.24, 2.45) is 11.3 Å². The van der Waals surface area contributed by atoms with Crippen molar-refractivity contribution in [2.45, 2.75) is 45.4 Å². The summed E-state index contributed by atoms with van der Waals surface area (Å²) < 4.78 is 18.8. The Kier molecular flexibility index (Phi) is 10.5. The fourth-order valence-electron chi connectivity index (χ4n) is 2.71. The number of methoxy groups -OCH3 is 4. The first-order valence-electron chi connectivity index (χ1n) is 8.17. The Morgan fingerprint density at radius 1 is 0.760 bits per heavy atom. The molecule has 0 aliphatic heterocycles. The third kappa shape index (κ3) is 6.03. The molecule has 0 unspecified atom stereocenters. The van der Waals surface area contributed by atoms with Crippen LogP contribution < -0.4 is 0 Å². The number of ether oxygens (including phenoxy) is 4. The first-order valence-corrected chi connectivity index (χ1v) is 8.17. The summed E-state index contributed by atoms with van der Waals surface area (Å²) in [6.07, 6.45) is 2.09. The Hall–Kier alpha value is -2.12. The van der Waals surface area contributed by atoms with Gasteiger partial charge in [-0.05, 0) is 19.3 Å². The molecule has 0 atom stereocenters. The summed E-state index contributed by atoms with van der Waals surface area (Å²) in [5, 5.41) is 0. The summed E-state index contributed by atoms with van der Waals surface area (Å²) in [7, 11) is 4.76. The molecule has 8 heteroatoms. The molecule has 8 nitrogen and oxygen atoms in total. The van der Waals surface area contributed by atoms with E-state index in [4.69, 9.17) is 9.47 Å². The van der Waals surface area contributed by atoms with Crippen molar-refractivity contribution in [2.75, 3.05) is 28.4 Å². The van der Waals surface area contributed by atoms with E-state index in [2.05, 4.69) is 9.47 Å². The minimum absolute atomic E-state index is 0.0845. The lowest BCUT2D eigenvalue weighted by atomic mass is 9.77. The number of esters is 4. The fraction of sp³-hybridized carbons (Fsp3) is 0.765. The SMILES string of the molecule is CCCCC(CCCC(C(=O)OC)C(=O)OC)(C(=O)OC)C(=O)OC. The quantitative estimate of drug-likeness (QED) is 0.311. The van der Waals surface area contributed by atoms with Gasteiger partial charge in [0, 0.05) is 0 Å². The normalized spacial score (nSPS) is 11.0. The maximum Gasteiger partial charge on any atom is 0.323 e. The average Bonchev–Trinajstić information content (AvgIpc) is 2.65. The summed E-state index contributed by atoms with van der Waals surface area (Å²) in [5.41, 5.74) is -1.45. The second-order valence-electron chi connectivity index (χ2n) is 5.66. The monoisotopic (exact) mass is 360 g/mol. The minimum atomic E-state index is -1.45. The standard InChI is InChI=1S/C17H28O8/c1-6-7-10-17(15(20)24-4,16(21)25-5)11-8-9-12(13(18)22-2)14(19)23-3/h12H,6-11H2,1-5H3. The number of rotatable bonds is 11. The lowest BCUT2D eigenvalue weighted by molar-refractivity contribution is -0.170. The molecule has 0 aliphatic carbocycles. The molecule has 0 aromatic carbocycles. The van der Waals surface area contributed by atoms with E-state index in [1.165, 1.54) is 28.4 Å². The van der Waals surface area contributed by atoms with Crippen LogP contribution in [0.2, 0.25) is 0 Å². The largest absolute Gasteiger partial charge is 0.468 e. The number of hydrogen-bond donors (Lipinski definition) is 0. The third-order valence-corrected chi connectivity index (χ3v) is 4.18. The molecule has 0 saturated heterocycles. The van der Waals surface area contributed by atoms with Gasteiger partial charge in [0.2, 0.25) is 0 Å². The Bertz CT molecular complexity index is 439. The highest BCUT2D eigenvalue weighted by Crippen LogP contribution is 2.35. The van der Waals surface area contributed by atoms with E-state index in [1.807, 2.05) is 6.92 Å². The second-order valence-corrected chi connectivity index (χ2v) is 5.66. The fourth-order valence-corrected chi connectivity index (χ4v) is 2.71. The van der Waals surface area contributed by atoms with Crippen molar-refractivity contribution in [3.8, 4) is 0 Å². The Morgan fingerprint density at radius 3 is 1.56 bits per heavy atom. The zero-order chi connectivity index (χ0) is 19.5. The van der Waals surface area contributed by atoms with Gasteiger partial charge in [0.15, 0.2) is 11.3 Å². The van der Waals surface area contributed by atoms with E-state index in [9.17, 15) is 19.2 Å². The van der Waals surface area contributed by atoms with Gasteiger partial charge in [-0.1, -0.05) is 26.2 Å². The van der Waals surface area contributed by atoms with Crippen LogP contribution in [0.4, 0.5) is 0 Å². The van der Waals surface area contributed by atoms with Crippen molar-refractivity contribution < 1.29 is 38.1 Å². The van der Waals surface area contributed by atoms with E-state index in [-0.39, 0.29) is 25.7 Å². The van der Waals surface area contributed by atoms with Crippen molar-refractivity contribution >= 4 is 23.9 Å². The summed E-state index contributed by atoms with van der Waals surface area (Å²) >= 11 is 0. The Balaban J connectivity index is 5.29. The molecule has 0 N–H and O–H groups in total. The molecule has 0 spiro atoms. The molecule has 0 aliphatic rings. The molecule has 0 rings (SSSR count). The van der Waals surface area contributed by atoms with Crippen LogP contribution in [0.1, 0.15) is 45.4 Å². The van der Waals surface area contributed by atoms with Crippen molar-refractivity contribution in [3.05, 3.63) is 0 Å². The molecule has 0 aromatic rings. The summed E-state index contributed by atoms with van der Waals surface area (Å²) in [6.45, 7) is 1.93. The number of hydrogen-bond acceptors (Lipinski definition) is 8. The molecule has 0 heterocycles. The van der Waals surface area contributed by atoms with Gasteiger partial charge in [-0.15, -0.1) is 0 Å². The lowest BCUT2D eigenvalue weighted by Crippen LogP contribution is -2.41. The molecular weight excluding hydrogens is 332 g/mol. The average molecular weight is 360 g/mol. The van der Waals surface area contributed by atoms with Gasteiger partial charge in [0.1, 0.15) is 0 Å². The van der Waals surface area contributed by atoms with Gasteiger partial charge in [-0.3, -0.25) is 19.2 Å². The highest BCUT2D eigenvalue weighted by molar-refractivity contribution is 6.00. The molecular formula is C17H28O8. The lowest BCUT2D eigenvalue weighted by Gasteiger charge is -2.28. The molecule has 144 valence electrons. The molecule has 0 radical (unpaired) electrons. The predicted molar refractivity (Wildman–Crippen MR) is 87.4 cm³/mol. The first kappa shape index (κ1) is 22.9. The maximum absolute atomic E-state index is 12.3. The summed E-state index contributed by atoms with van der Waals surface area (Å²) in [5.74, 6) is -3.90. The van der Waals surface area contributed by atoms with Crippen LogP contribution in [-0.4, -0.2) is 52.3 Å². The van der Waals surface area contributed by atoms with Gasteiger partial charge in [-0.25, -0.2) is 0 Å². The van der Waals surface area contributed by atoms with E-state index >= 15 is 0 Å². The maximum atomic E-state index is 12.3. The van der Waals surface area contributed by atoms with E-state index in [0.29, 0.717) is 6.42 Å². The number of carbonyl (C=O) groups excluding carboxylic acids is 4. The number of unbranched alkanes of at least 4 members (excludes halogenated alkanes) is 1. The van der Waals surface area contributed by atoms with Crippen molar-refractivity contribution in [1.29, 1.82) is 0 Å². The molecule has 0 bridgehead atoms. The van der Waals surface area contributed by atoms with Crippen LogP contribution >= 0.6 is 0 Å². The summed E-state index contributed by atoms with van der Waals surface area (Å²) in [4.78, 5) is 48.0. The number of carbonyl (C=O) groups is 4. The molecule has 0 saturated carbocycles. The van der Waals surface area contributed by atoms with Crippen LogP contribution in [0.5, 0.6) is 0 Å². The zero-order valence-corrected chi connectivity index (χ0v) is 15.6. The van der Waals surface area contributed by atoms with Crippen molar-refractivity contribution in [1.82, 2.24) is 0 Å². The van der Waals surface area contributed by atoms with Crippen LogP contribution in [0.25, 0.3) is 0 Å². The van der Waals surface area contributed by atoms with Gasteiger partial charge < -0.3 is 18.9 Å². The first-order chi connectivity index (χ1) is 11.8. The predicted octanol–water partition coefficient (Wildman–Crippen LogP) is 1.64. The minimum Gasteiger partial charge on any atom is -0.468 e. The molecule has 25 heavy (non-hydrogen) atoms.